The zero-order valence-corrected chi connectivity index (χ0v) is 9.06. The van der Waals surface area contributed by atoms with Crippen LogP contribution in [0.15, 0.2) is 18.2 Å². The van der Waals surface area contributed by atoms with Crippen molar-refractivity contribution >= 4 is 23.5 Å². The van der Waals surface area contributed by atoms with Crippen molar-refractivity contribution in [3.05, 3.63) is 34.6 Å². The molecule has 2 rings (SSSR count). The van der Waals surface area contributed by atoms with Crippen LogP contribution in [0.5, 0.6) is 0 Å². The van der Waals surface area contributed by atoms with Crippen molar-refractivity contribution in [1.29, 1.82) is 0 Å². The molecule has 0 saturated carbocycles. The van der Waals surface area contributed by atoms with Gasteiger partial charge in [0.25, 0.3) is 5.91 Å². The fourth-order valence-corrected chi connectivity index (χ4v) is 1.98. The fraction of sp³-hybridized carbons (Fsp3) is 0.200. The van der Waals surface area contributed by atoms with Crippen LogP contribution >= 0.6 is 11.6 Å². The number of hydrogen-bond acceptors (Lipinski definition) is 2. The molecule has 1 aromatic rings. The average molecular weight is 243 g/mol. The third kappa shape index (κ3) is 1.53. The van der Waals surface area contributed by atoms with Crippen molar-refractivity contribution in [2.24, 2.45) is 0 Å². The molecule has 84 valence electrons. The van der Waals surface area contributed by atoms with E-state index >= 15 is 0 Å². The summed E-state index contributed by atoms with van der Waals surface area (Å²) in [6, 6.07) is 3.07. The summed E-state index contributed by atoms with van der Waals surface area (Å²) in [4.78, 5) is 22.7. The number of rotatable bonds is 1. The van der Waals surface area contributed by atoms with E-state index in [9.17, 15) is 14.0 Å². The van der Waals surface area contributed by atoms with E-state index in [0.29, 0.717) is 5.56 Å². The smallest absolute Gasteiger partial charge is 0.320 e. The van der Waals surface area contributed by atoms with E-state index in [-0.39, 0.29) is 5.02 Å². The third-order valence-electron chi connectivity index (χ3n) is 2.51. The molecule has 1 fully saturated rings. The Kier molecular flexibility index (Phi) is 2.35. The molecule has 1 heterocycles. The largest absolute Gasteiger partial charge is 0.322 e. The van der Waals surface area contributed by atoms with Crippen LogP contribution in [0, 0.1) is 5.82 Å². The number of urea groups is 1. The highest BCUT2D eigenvalue weighted by Crippen LogP contribution is 2.30. The second kappa shape index (κ2) is 3.45. The molecule has 4 nitrogen and oxygen atoms in total. The van der Waals surface area contributed by atoms with Crippen LogP contribution in [0.4, 0.5) is 9.18 Å². The van der Waals surface area contributed by atoms with Gasteiger partial charge in [0.15, 0.2) is 0 Å². The van der Waals surface area contributed by atoms with Gasteiger partial charge in [0, 0.05) is 10.6 Å². The predicted molar refractivity (Wildman–Crippen MR) is 55.4 cm³/mol. The lowest BCUT2D eigenvalue weighted by molar-refractivity contribution is -0.123. The van der Waals surface area contributed by atoms with Crippen LogP contribution in [0.1, 0.15) is 12.5 Å². The molecule has 0 aromatic heterocycles. The monoisotopic (exact) mass is 242 g/mol. The lowest BCUT2D eigenvalue weighted by Crippen LogP contribution is -2.40. The molecule has 6 heteroatoms. The molecule has 1 saturated heterocycles. The van der Waals surface area contributed by atoms with Crippen molar-refractivity contribution in [3.8, 4) is 0 Å². The normalized spacial score (nSPS) is 24.2. The van der Waals surface area contributed by atoms with Gasteiger partial charge in [-0.05, 0) is 19.1 Å². The van der Waals surface area contributed by atoms with E-state index in [1.54, 1.807) is 0 Å². The summed E-state index contributed by atoms with van der Waals surface area (Å²) in [6.45, 7) is 1.51. The number of nitrogens with one attached hydrogen (secondary N) is 2. The summed E-state index contributed by atoms with van der Waals surface area (Å²) in [5, 5.41) is 4.65. The lowest BCUT2D eigenvalue weighted by atomic mass is 9.92. The first-order valence-corrected chi connectivity index (χ1v) is 4.90. The summed E-state index contributed by atoms with van der Waals surface area (Å²) in [5.74, 6) is -1.01. The van der Waals surface area contributed by atoms with E-state index in [1.807, 2.05) is 0 Å². The molecule has 0 bridgehead atoms. The van der Waals surface area contributed by atoms with Gasteiger partial charge < -0.3 is 5.32 Å². The second-order valence-corrected chi connectivity index (χ2v) is 4.06. The highest BCUT2D eigenvalue weighted by atomic mass is 35.5. The average Bonchev–Trinajstić information content (AvgIpc) is 2.40. The maximum atomic E-state index is 12.9. The van der Waals surface area contributed by atoms with Gasteiger partial charge in [0.05, 0.1) is 0 Å². The number of carbonyl (C=O) groups is 2. The van der Waals surface area contributed by atoms with Gasteiger partial charge in [-0.25, -0.2) is 9.18 Å². The Morgan fingerprint density at radius 2 is 2.06 bits per heavy atom. The Labute approximate surface area is 95.8 Å². The van der Waals surface area contributed by atoms with Crippen molar-refractivity contribution in [1.82, 2.24) is 10.6 Å². The quantitative estimate of drug-likeness (QED) is 0.734. The minimum absolute atomic E-state index is 0.0971. The maximum Gasteiger partial charge on any atom is 0.322 e. The van der Waals surface area contributed by atoms with Crippen molar-refractivity contribution in [2.75, 3.05) is 0 Å². The Bertz CT molecular complexity index is 492. The number of hydrogen-bond donors (Lipinski definition) is 2. The molecular formula is C10H8ClFN2O2. The minimum Gasteiger partial charge on any atom is -0.320 e. The van der Waals surface area contributed by atoms with Gasteiger partial charge in [-0.2, -0.15) is 0 Å². The summed E-state index contributed by atoms with van der Waals surface area (Å²) in [5.41, 5.74) is -0.888. The number of amides is 3. The van der Waals surface area contributed by atoms with Crippen LogP contribution in [0.3, 0.4) is 0 Å². The van der Waals surface area contributed by atoms with E-state index in [4.69, 9.17) is 11.6 Å². The highest BCUT2D eigenvalue weighted by molar-refractivity contribution is 6.32. The van der Waals surface area contributed by atoms with E-state index in [0.717, 1.165) is 6.07 Å². The zero-order chi connectivity index (χ0) is 11.9. The maximum absolute atomic E-state index is 12.9. The number of imide groups is 1. The Morgan fingerprint density at radius 3 is 2.56 bits per heavy atom. The van der Waals surface area contributed by atoms with Crippen LogP contribution in [0.2, 0.25) is 5.02 Å². The Balaban J connectivity index is 2.51. The summed E-state index contributed by atoms with van der Waals surface area (Å²) >= 11 is 5.84. The molecule has 1 unspecified atom stereocenters. The van der Waals surface area contributed by atoms with Gasteiger partial charge in [0.1, 0.15) is 11.4 Å². The summed E-state index contributed by atoms with van der Waals surface area (Å²) in [7, 11) is 0. The summed E-state index contributed by atoms with van der Waals surface area (Å²) in [6.07, 6.45) is 0. The van der Waals surface area contributed by atoms with E-state index in [1.165, 1.54) is 19.1 Å². The molecule has 2 N–H and O–H groups in total. The van der Waals surface area contributed by atoms with Gasteiger partial charge >= 0.3 is 6.03 Å². The Morgan fingerprint density at radius 1 is 1.38 bits per heavy atom. The van der Waals surface area contributed by atoms with E-state index in [2.05, 4.69) is 10.6 Å². The van der Waals surface area contributed by atoms with Gasteiger partial charge in [-0.3, -0.25) is 10.1 Å². The minimum atomic E-state index is -1.25. The Hall–Kier alpha value is -1.62. The van der Waals surface area contributed by atoms with Crippen LogP contribution in [-0.2, 0) is 10.3 Å². The SMILES string of the molecule is CC1(c2ccc(F)cc2Cl)NC(=O)NC1=O. The molecule has 1 aliphatic heterocycles. The fourth-order valence-electron chi connectivity index (χ4n) is 1.63. The number of benzene rings is 1. The second-order valence-electron chi connectivity index (χ2n) is 3.66. The molecule has 1 aromatic carbocycles. The lowest BCUT2D eigenvalue weighted by Gasteiger charge is -2.22. The molecule has 1 atom stereocenters. The van der Waals surface area contributed by atoms with Crippen molar-refractivity contribution in [2.45, 2.75) is 12.5 Å². The zero-order valence-electron chi connectivity index (χ0n) is 8.30. The van der Waals surface area contributed by atoms with Gasteiger partial charge in [-0.1, -0.05) is 17.7 Å². The van der Waals surface area contributed by atoms with Gasteiger partial charge in [-0.15, -0.1) is 0 Å². The standard InChI is InChI=1S/C10H8ClFN2O2/c1-10(8(15)13-9(16)14-10)6-3-2-5(12)4-7(6)11/h2-4H,1H3,(H2,13,14,15,16). The van der Waals surface area contributed by atoms with Crippen LogP contribution in [-0.4, -0.2) is 11.9 Å². The highest BCUT2D eigenvalue weighted by Gasteiger charge is 2.44. The molecule has 0 radical (unpaired) electrons. The van der Waals surface area contributed by atoms with Crippen LogP contribution in [0.25, 0.3) is 0 Å². The first kappa shape index (κ1) is 10.9. The first-order chi connectivity index (χ1) is 7.43. The van der Waals surface area contributed by atoms with Crippen molar-refractivity contribution in [3.63, 3.8) is 0 Å². The number of carbonyl (C=O) groups excluding carboxylic acids is 2. The van der Waals surface area contributed by atoms with Gasteiger partial charge in [0.2, 0.25) is 0 Å². The van der Waals surface area contributed by atoms with Crippen molar-refractivity contribution < 1.29 is 14.0 Å². The molecule has 3 amide bonds. The summed E-state index contributed by atoms with van der Waals surface area (Å²) < 4.78 is 12.9. The first-order valence-electron chi connectivity index (χ1n) is 4.52. The van der Waals surface area contributed by atoms with E-state index < -0.39 is 23.3 Å². The third-order valence-corrected chi connectivity index (χ3v) is 2.83. The molecular weight excluding hydrogens is 235 g/mol. The molecule has 16 heavy (non-hydrogen) atoms. The predicted octanol–water partition coefficient (Wildman–Crippen LogP) is 1.53. The number of halogens is 2. The molecule has 0 aliphatic carbocycles. The molecule has 0 spiro atoms. The topological polar surface area (TPSA) is 58.2 Å². The molecule has 1 aliphatic rings. The van der Waals surface area contributed by atoms with Crippen LogP contribution < -0.4 is 10.6 Å².